The molecular weight excluding hydrogens is 479 g/mol. The largest absolute Gasteiger partial charge is 0.497 e. The van der Waals surface area contributed by atoms with E-state index in [1.165, 1.54) is 0 Å². The van der Waals surface area contributed by atoms with Crippen LogP contribution in [0.4, 0.5) is 4.39 Å². The molecule has 7 nitrogen and oxygen atoms in total. The van der Waals surface area contributed by atoms with Gasteiger partial charge >= 0.3 is 5.97 Å². The summed E-state index contributed by atoms with van der Waals surface area (Å²) >= 11 is 1.74. The van der Waals surface area contributed by atoms with Crippen LogP contribution in [0, 0.1) is 11.8 Å². The predicted octanol–water partition coefficient (Wildman–Crippen LogP) is 5.36. The fourth-order valence-electron chi connectivity index (χ4n) is 5.20. The third kappa shape index (κ3) is 6.76. The number of thioether (sulfide) groups is 1. The normalized spacial score (nSPS) is 19.4. The number of likely N-dealkylation sites (tertiary alicyclic amines) is 1. The molecule has 1 fully saturated rings. The maximum Gasteiger partial charge on any atom is 0.303 e. The first-order valence-corrected chi connectivity index (χ1v) is 13.5. The molecular formula is C27H35FN4O3S. The predicted molar refractivity (Wildman–Crippen MR) is 140 cm³/mol. The molecule has 0 spiro atoms. The summed E-state index contributed by atoms with van der Waals surface area (Å²) in [6.45, 7) is 2.63. The summed E-state index contributed by atoms with van der Waals surface area (Å²) in [7, 11) is 3.59. The third-order valence-corrected chi connectivity index (χ3v) is 8.29. The van der Waals surface area contributed by atoms with Crippen LogP contribution in [-0.2, 0) is 11.8 Å². The lowest BCUT2D eigenvalue weighted by Crippen LogP contribution is -2.42. The summed E-state index contributed by atoms with van der Waals surface area (Å²) in [6, 6.07) is 7.25. The fraction of sp³-hybridized carbons (Fsp3) is 0.519. The average molecular weight is 515 g/mol. The Kier molecular flexibility index (Phi) is 9.20. The number of hydrogen-bond donors (Lipinski definition) is 1. The number of hydrogen-bond acceptors (Lipinski definition) is 6. The molecule has 1 N–H and O–H groups in total. The summed E-state index contributed by atoms with van der Waals surface area (Å²) in [6.07, 6.45) is 7.38. The van der Waals surface area contributed by atoms with Crippen LogP contribution < -0.4 is 4.74 Å². The Morgan fingerprint density at radius 2 is 2.14 bits per heavy atom. The number of carbonyl (C=O) groups is 1. The number of piperidine rings is 1. The molecule has 1 saturated heterocycles. The number of halogens is 1. The lowest BCUT2D eigenvalue weighted by molar-refractivity contribution is -0.139. The molecule has 4 rings (SSSR count). The van der Waals surface area contributed by atoms with Crippen molar-refractivity contribution in [3.8, 4) is 5.75 Å². The van der Waals surface area contributed by atoms with Crippen molar-refractivity contribution in [2.24, 2.45) is 18.9 Å². The van der Waals surface area contributed by atoms with Crippen LogP contribution in [0.25, 0.3) is 10.9 Å². The van der Waals surface area contributed by atoms with Crippen LogP contribution in [0.15, 0.2) is 48.0 Å². The zero-order valence-corrected chi connectivity index (χ0v) is 21.8. The van der Waals surface area contributed by atoms with Crippen molar-refractivity contribution in [1.29, 1.82) is 0 Å². The Labute approximate surface area is 216 Å². The zero-order chi connectivity index (χ0) is 25.5. The van der Waals surface area contributed by atoms with E-state index in [0.29, 0.717) is 24.2 Å². The topological polar surface area (TPSA) is 80.5 Å². The Hall–Kier alpha value is -2.65. The number of aromatic nitrogens is 3. The second-order valence-electron chi connectivity index (χ2n) is 9.56. The second-order valence-corrected chi connectivity index (χ2v) is 10.6. The summed E-state index contributed by atoms with van der Waals surface area (Å²) < 4.78 is 22.8. The molecule has 0 aliphatic carbocycles. The minimum atomic E-state index is -1.13. The van der Waals surface area contributed by atoms with Crippen LogP contribution in [0.1, 0.15) is 43.8 Å². The fourth-order valence-corrected chi connectivity index (χ4v) is 6.06. The maximum atomic E-state index is 15.5. The number of aliphatic carboxylic acids is 1. The number of carboxylic acid groups (broad SMARTS) is 1. The molecule has 0 saturated carbocycles. The molecule has 194 valence electrons. The molecule has 36 heavy (non-hydrogen) atoms. The summed E-state index contributed by atoms with van der Waals surface area (Å²) in [5.41, 5.74) is 1.37. The monoisotopic (exact) mass is 514 g/mol. The van der Waals surface area contributed by atoms with E-state index < -0.39 is 12.1 Å². The van der Waals surface area contributed by atoms with Gasteiger partial charge in [0, 0.05) is 49.7 Å². The number of fused-ring (bicyclic) bond motifs is 1. The molecule has 1 aromatic carbocycles. The van der Waals surface area contributed by atoms with Gasteiger partial charge in [0.1, 0.15) is 11.9 Å². The van der Waals surface area contributed by atoms with E-state index in [-0.39, 0.29) is 18.3 Å². The molecule has 0 unspecified atom stereocenters. The van der Waals surface area contributed by atoms with Gasteiger partial charge in [0.2, 0.25) is 0 Å². The van der Waals surface area contributed by atoms with Crippen molar-refractivity contribution in [2.45, 2.75) is 43.4 Å². The van der Waals surface area contributed by atoms with Crippen molar-refractivity contribution in [1.82, 2.24) is 19.4 Å². The van der Waals surface area contributed by atoms with E-state index in [1.54, 1.807) is 37.3 Å². The van der Waals surface area contributed by atoms with Gasteiger partial charge in [0.15, 0.2) is 5.16 Å². The van der Waals surface area contributed by atoms with Crippen molar-refractivity contribution in [2.75, 3.05) is 32.5 Å². The summed E-state index contributed by atoms with van der Waals surface area (Å²) in [4.78, 5) is 22.7. The number of carboxylic acids is 1. The first-order valence-electron chi connectivity index (χ1n) is 12.6. The van der Waals surface area contributed by atoms with Crippen molar-refractivity contribution < 1.29 is 19.0 Å². The minimum Gasteiger partial charge on any atom is -0.497 e. The Balaban J connectivity index is 1.32. The van der Waals surface area contributed by atoms with Crippen LogP contribution in [0.2, 0.25) is 0 Å². The minimum absolute atomic E-state index is 0.0416. The van der Waals surface area contributed by atoms with Gasteiger partial charge in [-0.15, -0.1) is 0 Å². The summed E-state index contributed by atoms with van der Waals surface area (Å²) in [5, 5.41) is 11.3. The molecule has 1 aliphatic heterocycles. The van der Waals surface area contributed by atoms with Gasteiger partial charge in [0.25, 0.3) is 0 Å². The molecule has 0 amide bonds. The van der Waals surface area contributed by atoms with E-state index >= 15 is 4.39 Å². The first-order chi connectivity index (χ1) is 17.4. The maximum absolute atomic E-state index is 15.5. The van der Waals surface area contributed by atoms with E-state index in [0.717, 1.165) is 54.3 Å². The van der Waals surface area contributed by atoms with Crippen LogP contribution in [0.5, 0.6) is 5.75 Å². The van der Waals surface area contributed by atoms with Gasteiger partial charge in [-0.3, -0.25) is 9.78 Å². The van der Waals surface area contributed by atoms with E-state index in [4.69, 9.17) is 4.74 Å². The number of rotatable bonds is 12. The highest BCUT2D eigenvalue weighted by molar-refractivity contribution is 7.99. The number of benzene rings is 1. The van der Waals surface area contributed by atoms with Gasteiger partial charge < -0.3 is 19.3 Å². The second kappa shape index (κ2) is 12.5. The number of aryl methyl sites for hydroxylation is 1. The van der Waals surface area contributed by atoms with Crippen LogP contribution >= 0.6 is 11.8 Å². The van der Waals surface area contributed by atoms with E-state index in [9.17, 15) is 9.90 Å². The van der Waals surface area contributed by atoms with E-state index in [1.807, 2.05) is 36.0 Å². The van der Waals surface area contributed by atoms with Gasteiger partial charge in [-0.2, -0.15) is 0 Å². The third-order valence-electron chi connectivity index (χ3n) is 7.15. The number of alkyl halides is 1. The number of nitrogens with zero attached hydrogens (tertiary/aromatic N) is 4. The highest BCUT2D eigenvalue weighted by atomic mass is 32.2. The zero-order valence-electron chi connectivity index (χ0n) is 21.0. The van der Waals surface area contributed by atoms with Crippen LogP contribution in [0.3, 0.4) is 0 Å². The average Bonchev–Trinajstić information content (AvgIpc) is 3.29. The van der Waals surface area contributed by atoms with Gasteiger partial charge in [-0.25, -0.2) is 9.37 Å². The molecule has 9 heteroatoms. The van der Waals surface area contributed by atoms with Crippen molar-refractivity contribution in [3.05, 3.63) is 48.4 Å². The Morgan fingerprint density at radius 1 is 1.28 bits per heavy atom. The number of imidazole rings is 1. The standard InChI is InChI=1S/C27H35FN4O3S/c1-31-14-11-30-27(31)36-15-3-12-32-13-9-19(20(18-32)16-26(33)34)4-6-24(28)22-8-10-29-25-7-5-21(35-2)17-23(22)25/h5,7-8,10-11,14,17,19-20,24H,3-4,6,9,12-13,15-16,18H2,1-2H3,(H,33,34)/t19-,20+,24+/m1/s1. The number of pyridine rings is 1. The molecule has 3 heterocycles. The lowest BCUT2D eigenvalue weighted by Gasteiger charge is -2.38. The highest BCUT2D eigenvalue weighted by Crippen LogP contribution is 2.36. The summed E-state index contributed by atoms with van der Waals surface area (Å²) in [5.74, 6) is 1.13. The van der Waals surface area contributed by atoms with Gasteiger partial charge in [0.05, 0.1) is 12.6 Å². The molecule has 0 bridgehead atoms. The number of methoxy groups -OCH3 is 1. The first kappa shape index (κ1) is 26.4. The SMILES string of the molecule is COc1ccc2nccc([C@@H](F)CC[C@@H]3CCN(CCCSc4nccn4C)C[C@@H]3CC(=O)O)c2c1. The molecule has 2 aromatic heterocycles. The number of ether oxygens (including phenoxy) is 1. The molecule has 3 atom stereocenters. The molecule has 3 aromatic rings. The Bertz CT molecular complexity index is 1160. The van der Waals surface area contributed by atoms with E-state index in [2.05, 4.69) is 14.9 Å². The van der Waals surface area contributed by atoms with Crippen LogP contribution in [-0.4, -0.2) is 63.0 Å². The smallest absolute Gasteiger partial charge is 0.303 e. The highest BCUT2D eigenvalue weighted by Gasteiger charge is 2.31. The molecule has 0 radical (unpaired) electrons. The van der Waals surface area contributed by atoms with Crippen molar-refractivity contribution >= 4 is 28.6 Å². The quantitative estimate of drug-likeness (QED) is 0.257. The lowest BCUT2D eigenvalue weighted by atomic mass is 9.79. The molecule has 1 aliphatic rings. The Morgan fingerprint density at radius 3 is 2.89 bits per heavy atom. The van der Waals surface area contributed by atoms with Gasteiger partial charge in [-0.05, 0) is 80.4 Å². The van der Waals surface area contributed by atoms with Gasteiger partial charge in [-0.1, -0.05) is 11.8 Å². The van der Waals surface area contributed by atoms with Crippen molar-refractivity contribution in [3.63, 3.8) is 0 Å².